The quantitative estimate of drug-likeness (QED) is 0.428. The van der Waals surface area contributed by atoms with Crippen LogP contribution in [-0.2, 0) is 14.4 Å². The number of hydrogen-bond acceptors (Lipinski definition) is 8. The van der Waals surface area contributed by atoms with Gasteiger partial charge in [-0.2, -0.15) is 0 Å². The van der Waals surface area contributed by atoms with Gasteiger partial charge in [0.25, 0.3) is 5.91 Å². The predicted octanol–water partition coefficient (Wildman–Crippen LogP) is 4.22. The van der Waals surface area contributed by atoms with E-state index in [-0.39, 0.29) is 30.9 Å². The van der Waals surface area contributed by atoms with E-state index in [2.05, 4.69) is 17.6 Å². The Morgan fingerprint density at radius 1 is 1.15 bits per heavy atom. The molecule has 0 radical (unpaired) electrons. The Morgan fingerprint density at radius 3 is 2.79 bits per heavy atom. The molecule has 0 saturated heterocycles. The van der Waals surface area contributed by atoms with Crippen LogP contribution in [0.2, 0.25) is 0 Å². The van der Waals surface area contributed by atoms with Crippen LogP contribution in [0.1, 0.15) is 51.5 Å². The molecule has 0 aromatic heterocycles. The van der Waals surface area contributed by atoms with Crippen LogP contribution in [0.25, 0.3) is 0 Å². The van der Waals surface area contributed by atoms with Crippen LogP contribution in [-0.4, -0.2) is 58.3 Å². The number of hydrogen-bond donors (Lipinski definition) is 2. The third-order valence-corrected chi connectivity index (χ3v) is 7.91. The minimum absolute atomic E-state index is 0.0868. The number of carbonyl (C=O) groups is 3. The molecular weight excluding hydrogens is 518 g/mol. The van der Waals surface area contributed by atoms with Gasteiger partial charge in [-0.1, -0.05) is 44.2 Å². The molecule has 2 aromatic rings. The average molecular weight is 550 g/mol. The first-order chi connectivity index (χ1) is 19.0. The van der Waals surface area contributed by atoms with E-state index < -0.39 is 11.3 Å². The number of nitrogens with one attached hydrogen (secondary N) is 2. The van der Waals surface area contributed by atoms with E-state index in [1.54, 1.807) is 18.2 Å². The molecule has 39 heavy (non-hydrogen) atoms. The Bertz CT molecular complexity index is 1340. The summed E-state index contributed by atoms with van der Waals surface area (Å²) >= 11 is 1.23. The molecule has 2 N–H and O–H groups in total. The molecule has 204 valence electrons. The number of amides is 3. The first-order valence-corrected chi connectivity index (χ1v) is 14.1. The van der Waals surface area contributed by atoms with Crippen LogP contribution in [0.15, 0.2) is 52.4 Å². The van der Waals surface area contributed by atoms with Crippen molar-refractivity contribution in [3.63, 3.8) is 0 Å². The average Bonchev–Trinajstić information content (AvgIpc) is 3.54. The molecule has 3 aliphatic heterocycles. The van der Waals surface area contributed by atoms with Gasteiger partial charge in [-0.3, -0.25) is 19.4 Å². The van der Waals surface area contributed by atoms with Crippen molar-refractivity contribution in [1.82, 2.24) is 10.2 Å². The third-order valence-electron chi connectivity index (χ3n) is 6.60. The second-order valence-corrected chi connectivity index (χ2v) is 10.5. The van der Waals surface area contributed by atoms with Crippen molar-refractivity contribution >= 4 is 51.9 Å². The van der Waals surface area contributed by atoms with Crippen LogP contribution in [0.4, 0.5) is 11.4 Å². The van der Waals surface area contributed by atoms with Gasteiger partial charge in [-0.05, 0) is 43.5 Å². The molecule has 0 saturated carbocycles. The van der Waals surface area contributed by atoms with Crippen LogP contribution >= 0.6 is 11.8 Å². The van der Waals surface area contributed by atoms with E-state index in [1.807, 2.05) is 31.2 Å². The molecular formula is C28H31N5O5S. The summed E-state index contributed by atoms with van der Waals surface area (Å²) < 4.78 is 10.8. The number of anilines is 1. The fraction of sp³-hybridized carbons (Fsp3) is 0.393. The SMILES string of the molecule is CCCCNC(=O)CC[C@H]1N=C2c3ccccc3N=C(S[C@H](CC)C(=O)Nc3ccc4c(c3)OCO4)N2C1=O. The highest BCUT2D eigenvalue weighted by molar-refractivity contribution is 8.15. The van der Waals surface area contributed by atoms with Crippen molar-refractivity contribution in [1.29, 1.82) is 0 Å². The minimum Gasteiger partial charge on any atom is -0.454 e. The molecule has 0 bridgehead atoms. The maximum Gasteiger partial charge on any atom is 0.259 e. The number of rotatable bonds is 10. The van der Waals surface area contributed by atoms with E-state index in [1.165, 1.54) is 16.7 Å². The summed E-state index contributed by atoms with van der Waals surface area (Å²) in [4.78, 5) is 50.0. The fourth-order valence-corrected chi connectivity index (χ4v) is 5.50. The lowest BCUT2D eigenvalue weighted by Gasteiger charge is -2.27. The van der Waals surface area contributed by atoms with Gasteiger partial charge in [-0.25, -0.2) is 9.89 Å². The number of nitrogens with zero attached hydrogens (tertiary/aromatic N) is 3. The summed E-state index contributed by atoms with van der Waals surface area (Å²) in [5, 5.41) is 5.71. The molecule has 2 aromatic carbocycles. The van der Waals surface area contributed by atoms with Gasteiger partial charge in [0.05, 0.1) is 10.9 Å². The molecule has 10 nitrogen and oxygen atoms in total. The Balaban J connectivity index is 1.31. The second kappa shape index (κ2) is 11.9. The lowest BCUT2D eigenvalue weighted by atomic mass is 10.1. The number of carbonyl (C=O) groups excluding carboxylic acids is 3. The summed E-state index contributed by atoms with van der Waals surface area (Å²) in [6.45, 7) is 4.76. The number of benzene rings is 2. The van der Waals surface area contributed by atoms with Gasteiger partial charge in [-0.15, -0.1) is 0 Å². The van der Waals surface area contributed by atoms with Gasteiger partial charge in [0, 0.05) is 30.3 Å². The minimum atomic E-state index is -0.684. The molecule has 2 atom stereocenters. The summed E-state index contributed by atoms with van der Waals surface area (Å²) in [7, 11) is 0. The summed E-state index contributed by atoms with van der Waals surface area (Å²) in [6.07, 6.45) is 2.94. The second-order valence-electron chi connectivity index (χ2n) is 9.37. The van der Waals surface area contributed by atoms with E-state index in [4.69, 9.17) is 19.5 Å². The number of amidine groups is 2. The predicted molar refractivity (Wildman–Crippen MR) is 151 cm³/mol. The van der Waals surface area contributed by atoms with Crippen molar-refractivity contribution in [3.05, 3.63) is 48.0 Å². The normalized spacial score (nSPS) is 17.6. The van der Waals surface area contributed by atoms with E-state index in [0.29, 0.717) is 53.3 Å². The van der Waals surface area contributed by atoms with Crippen LogP contribution < -0.4 is 20.1 Å². The zero-order valence-electron chi connectivity index (χ0n) is 21.9. The Labute approximate surface area is 231 Å². The summed E-state index contributed by atoms with van der Waals surface area (Å²) in [5.74, 6) is 1.19. The van der Waals surface area contributed by atoms with Crippen molar-refractivity contribution in [2.75, 3.05) is 18.7 Å². The zero-order chi connectivity index (χ0) is 27.4. The molecule has 3 amide bonds. The van der Waals surface area contributed by atoms with Crippen LogP contribution in [0.3, 0.4) is 0 Å². The largest absolute Gasteiger partial charge is 0.454 e. The van der Waals surface area contributed by atoms with Crippen LogP contribution in [0.5, 0.6) is 11.5 Å². The monoisotopic (exact) mass is 549 g/mol. The highest BCUT2D eigenvalue weighted by atomic mass is 32.2. The van der Waals surface area contributed by atoms with Gasteiger partial charge in [0.15, 0.2) is 16.7 Å². The molecule has 5 rings (SSSR count). The zero-order valence-corrected chi connectivity index (χ0v) is 22.8. The van der Waals surface area contributed by atoms with E-state index in [9.17, 15) is 14.4 Å². The highest BCUT2D eigenvalue weighted by Crippen LogP contribution is 2.37. The molecule has 0 fully saturated rings. The third kappa shape index (κ3) is 5.78. The number of fused-ring (bicyclic) bond motifs is 4. The molecule has 3 heterocycles. The highest BCUT2D eigenvalue weighted by Gasteiger charge is 2.42. The lowest BCUT2D eigenvalue weighted by molar-refractivity contribution is -0.125. The van der Waals surface area contributed by atoms with Gasteiger partial charge >= 0.3 is 0 Å². The molecule has 11 heteroatoms. The first-order valence-electron chi connectivity index (χ1n) is 13.2. The van der Waals surface area contributed by atoms with Gasteiger partial charge in [0.2, 0.25) is 18.6 Å². The Kier molecular flexibility index (Phi) is 8.16. The molecule has 0 aliphatic carbocycles. The Hall–Kier alpha value is -3.86. The standard InChI is InChI=1S/C28H31N5O5S/c1-3-5-14-29-24(34)13-11-20-27(36)33-25(31-20)18-8-6-7-9-19(18)32-28(33)39-23(4-2)26(35)30-17-10-12-21-22(15-17)38-16-37-21/h6-10,12,15,20,23H,3-5,11,13-14,16H2,1-2H3,(H,29,34)(H,30,35)/t20-,23-/m1/s1. The first kappa shape index (κ1) is 26.7. The van der Waals surface area contributed by atoms with Crippen LogP contribution in [0, 0.1) is 0 Å². The number of aliphatic imine (C=N–C) groups is 2. The number of unbranched alkanes of at least 4 members (excludes halogenated alkanes) is 1. The molecule has 0 unspecified atom stereocenters. The maximum atomic E-state index is 13.5. The number of ether oxygens (including phenoxy) is 2. The fourth-order valence-electron chi connectivity index (χ4n) is 4.48. The molecule has 0 spiro atoms. The summed E-state index contributed by atoms with van der Waals surface area (Å²) in [5.41, 5.74) is 2.03. The summed E-state index contributed by atoms with van der Waals surface area (Å²) in [6, 6.07) is 12.0. The number of para-hydroxylation sites is 1. The van der Waals surface area contributed by atoms with E-state index in [0.717, 1.165) is 18.4 Å². The molecule has 3 aliphatic rings. The Morgan fingerprint density at radius 2 is 1.97 bits per heavy atom. The number of thioether (sulfide) groups is 1. The lowest BCUT2D eigenvalue weighted by Crippen LogP contribution is -2.42. The van der Waals surface area contributed by atoms with Crippen molar-refractivity contribution in [2.24, 2.45) is 9.98 Å². The van der Waals surface area contributed by atoms with Gasteiger partial charge < -0.3 is 20.1 Å². The maximum absolute atomic E-state index is 13.5. The van der Waals surface area contributed by atoms with Gasteiger partial charge in [0.1, 0.15) is 11.9 Å². The smallest absolute Gasteiger partial charge is 0.259 e. The van der Waals surface area contributed by atoms with Crippen molar-refractivity contribution < 1.29 is 23.9 Å². The van der Waals surface area contributed by atoms with Crippen molar-refractivity contribution in [3.8, 4) is 11.5 Å². The van der Waals surface area contributed by atoms with Crippen molar-refractivity contribution in [2.45, 2.75) is 57.2 Å². The van der Waals surface area contributed by atoms with E-state index >= 15 is 0 Å². The topological polar surface area (TPSA) is 122 Å².